The fourth-order valence-electron chi connectivity index (χ4n) is 12.5. The minimum Gasteiger partial charge on any atom is -0.310 e. The lowest BCUT2D eigenvalue weighted by Crippen LogP contribution is -2.59. The second-order valence-electron chi connectivity index (χ2n) is 17.9. The number of nitrogens with zero attached hydrogens (tertiary/aromatic N) is 4. The van der Waals surface area contributed by atoms with Gasteiger partial charge in [0, 0.05) is 95.6 Å². The van der Waals surface area contributed by atoms with Gasteiger partial charge in [-0.25, -0.2) is 0 Å². The van der Waals surface area contributed by atoms with E-state index in [-0.39, 0.29) is 6.71 Å². The third-order valence-electron chi connectivity index (χ3n) is 14.9. The average Bonchev–Trinajstić information content (AvgIpc) is 4.21. The number of hydrogen-bond acceptors (Lipinski definition) is 4. The molecule has 0 amide bonds. The molecule has 4 nitrogen and oxygen atoms in total. The molecule has 0 radical (unpaired) electrons. The van der Waals surface area contributed by atoms with Crippen molar-refractivity contribution in [1.29, 1.82) is 0 Å². The third kappa shape index (κ3) is 3.95. The van der Waals surface area contributed by atoms with Gasteiger partial charge >= 0.3 is 0 Å². The van der Waals surface area contributed by atoms with E-state index in [0.717, 1.165) is 0 Å². The maximum absolute atomic E-state index is 2.61. The summed E-state index contributed by atoms with van der Waals surface area (Å²) in [6.07, 6.45) is 0. The van der Waals surface area contributed by atoms with Crippen LogP contribution in [0.3, 0.4) is 0 Å². The molecule has 0 fully saturated rings. The van der Waals surface area contributed by atoms with Crippen molar-refractivity contribution in [2.24, 2.45) is 0 Å². The van der Waals surface area contributed by atoms with Gasteiger partial charge < -0.3 is 18.6 Å². The van der Waals surface area contributed by atoms with Gasteiger partial charge in [-0.2, -0.15) is 0 Å². The van der Waals surface area contributed by atoms with Crippen LogP contribution in [0.15, 0.2) is 188 Å². The minimum absolute atomic E-state index is 0.0825. The number of aromatic nitrogens is 2. The van der Waals surface area contributed by atoms with Crippen LogP contribution in [0.2, 0.25) is 0 Å². The molecule has 0 unspecified atom stereocenters. The molecule has 9 aromatic carbocycles. The van der Waals surface area contributed by atoms with Gasteiger partial charge in [-0.15, -0.1) is 22.7 Å². The summed E-state index contributed by atoms with van der Waals surface area (Å²) < 4.78 is 10.4. The second-order valence-corrected chi connectivity index (χ2v) is 20.1. The van der Waals surface area contributed by atoms with Crippen molar-refractivity contribution in [3.05, 3.63) is 188 Å². The summed E-state index contributed by atoms with van der Waals surface area (Å²) in [5.41, 5.74) is 16.4. The molecule has 0 spiro atoms. The topological polar surface area (TPSA) is 15.3 Å². The second kappa shape index (κ2) is 11.6. The lowest BCUT2D eigenvalue weighted by Gasteiger charge is -2.42. The van der Waals surface area contributed by atoms with Gasteiger partial charge in [-0.1, -0.05) is 115 Å². The molecule has 0 bridgehead atoms. The smallest absolute Gasteiger partial charge is 0.277 e. The van der Waals surface area contributed by atoms with E-state index in [1.807, 2.05) is 22.7 Å². The Hall–Kier alpha value is -7.84. The molecule has 298 valence electrons. The molecule has 17 rings (SSSR count). The Morgan fingerprint density at radius 3 is 1.20 bits per heavy atom. The van der Waals surface area contributed by atoms with Crippen molar-refractivity contribution < 1.29 is 0 Å². The SMILES string of the molecule is c1cc2c3c(c1)N(c1ccc4c(c1)c1cccc5c6ccccc6n4c51)c1c(sc4ccccc14)B3c1sc3ccccc3c1N2c1ccc2c(c1)c1cccc3c4ccccc4n2c31. The first-order valence-corrected chi connectivity index (χ1v) is 24.0. The van der Waals surface area contributed by atoms with Crippen LogP contribution in [-0.2, 0) is 0 Å². The molecular weight excluding hydrogens is 828 g/mol. The van der Waals surface area contributed by atoms with Crippen LogP contribution in [0.5, 0.6) is 0 Å². The Bertz CT molecular complexity index is 4300. The fourth-order valence-corrected chi connectivity index (χ4v) is 15.2. The molecule has 7 heteroatoms. The van der Waals surface area contributed by atoms with Crippen LogP contribution in [0.25, 0.3) is 96.4 Å². The molecule has 0 N–H and O–H groups in total. The number of fused-ring (bicyclic) bond motifs is 20. The van der Waals surface area contributed by atoms with Crippen LogP contribution >= 0.6 is 22.7 Å². The first kappa shape index (κ1) is 33.7. The number of hydrogen-bond donors (Lipinski definition) is 0. The molecule has 15 aromatic rings. The lowest BCUT2D eigenvalue weighted by atomic mass is 9.39. The number of para-hydroxylation sites is 4. The fraction of sp³-hybridized carbons (Fsp3) is 0. The Morgan fingerprint density at radius 2 is 0.708 bits per heavy atom. The molecule has 2 aliphatic rings. The van der Waals surface area contributed by atoms with Gasteiger partial charge in [0.15, 0.2) is 0 Å². The zero-order valence-electron chi connectivity index (χ0n) is 34.6. The van der Waals surface area contributed by atoms with E-state index in [0.29, 0.717) is 0 Å². The summed E-state index contributed by atoms with van der Waals surface area (Å²) >= 11 is 3.94. The number of anilines is 6. The summed E-state index contributed by atoms with van der Waals surface area (Å²) in [6, 6.07) is 70.9. The monoisotopic (exact) mass is 858 g/mol. The molecule has 6 aromatic heterocycles. The van der Waals surface area contributed by atoms with E-state index in [4.69, 9.17) is 0 Å². The van der Waals surface area contributed by atoms with Crippen LogP contribution in [0, 0.1) is 0 Å². The highest BCUT2D eigenvalue weighted by molar-refractivity contribution is 7.40. The van der Waals surface area contributed by atoms with Gasteiger partial charge in [-0.3, -0.25) is 0 Å². The Kier molecular flexibility index (Phi) is 6.03. The molecule has 0 atom stereocenters. The lowest BCUT2D eigenvalue weighted by molar-refractivity contribution is 1.28. The molecule has 65 heavy (non-hydrogen) atoms. The third-order valence-corrected chi connectivity index (χ3v) is 17.4. The highest BCUT2D eigenvalue weighted by atomic mass is 32.1. The maximum atomic E-state index is 2.61. The molecule has 0 saturated heterocycles. The zero-order valence-corrected chi connectivity index (χ0v) is 36.2. The number of thiophene rings is 2. The van der Waals surface area contributed by atoms with Gasteiger partial charge in [-0.05, 0) is 78.3 Å². The Morgan fingerprint density at radius 1 is 0.323 bits per heavy atom. The van der Waals surface area contributed by atoms with E-state index in [1.165, 1.54) is 146 Å². The van der Waals surface area contributed by atoms with E-state index in [1.54, 1.807) is 0 Å². The van der Waals surface area contributed by atoms with Crippen LogP contribution in [-0.4, -0.2) is 15.5 Å². The molecule has 8 heterocycles. The minimum atomic E-state index is 0.0825. The van der Waals surface area contributed by atoms with E-state index in [9.17, 15) is 0 Å². The first-order chi connectivity index (χ1) is 32.3. The van der Waals surface area contributed by atoms with Gasteiger partial charge in [0.25, 0.3) is 6.71 Å². The summed E-state index contributed by atoms with van der Waals surface area (Å²) in [4.78, 5) is 5.21. The normalized spacial score (nSPS) is 13.8. The first-order valence-electron chi connectivity index (χ1n) is 22.4. The Labute approximate surface area is 379 Å². The standard InChI is InChI=1S/C58H31BN4S2/c1-5-20-44-34(12-1)36-16-9-18-38-42-30-32(26-28-46(42)62(44)53(36)38)60-48-22-11-23-49-52(48)59(57-55(60)40-14-3-7-24-50(40)64-57)58-56(41-15-4-8-25-51(41)65-58)61(49)33-27-29-47-43(31-33)39-19-10-17-37-35-13-2-6-21-45(35)63(47)54(37)39/h1-31H. The predicted molar refractivity (Wildman–Crippen MR) is 281 cm³/mol. The van der Waals surface area contributed by atoms with Gasteiger partial charge in [0.1, 0.15) is 0 Å². The zero-order chi connectivity index (χ0) is 41.8. The van der Waals surface area contributed by atoms with Crippen molar-refractivity contribution >= 4 is 175 Å². The molecule has 0 saturated carbocycles. The van der Waals surface area contributed by atoms with Crippen LogP contribution < -0.4 is 24.8 Å². The highest BCUT2D eigenvalue weighted by Crippen LogP contribution is 2.52. The van der Waals surface area contributed by atoms with E-state index in [2.05, 4.69) is 207 Å². The van der Waals surface area contributed by atoms with Crippen molar-refractivity contribution in [3.8, 4) is 0 Å². The van der Waals surface area contributed by atoms with E-state index >= 15 is 0 Å². The molecular formula is C58H31BN4S2. The van der Waals surface area contributed by atoms with Gasteiger partial charge in [0.05, 0.1) is 44.5 Å². The van der Waals surface area contributed by atoms with Crippen LogP contribution in [0.1, 0.15) is 0 Å². The molecule has 0 aliphatic carbocycles. The van der Waals surface area contributed by atoms with Crippen molar-refractivity contribution in [2.75, 3.05) is 9.80 Å². The van der Waals surface area contributed by atoms with Crippen molar-refractivity contribution in [2.45, 2.75) is 0 Å². The van der Waals surface area contributed by atoms with Crippen molar-refractivity contribution in [3.63, 3.8) is 0 Å². The van der Waals surface area contributed by atoms with Crippen molar-refractivity contribution in [1.82, 2.24) is 8.80 Å². The van der Waals surface area contributed by atoms with Gasteiger partial charge in [0.2, 0.25) is 0 Å². The quantitative estimate of drug-likeness (QED) is 0.161. The summed E-state index contributed by atoms with van der Waals surface area (Å²) in [7, 11) is 0. The predicted octanol–water partition coefficient (Wildman–Crippen LogP) is 14.5. The summed E-state index contributed by atoms with van der Waals surface area (Å²) in [6.45, 7) is 0.0825. The number of benzene rings is 9. The highest BCUT2D eigenvalue weighted by Gasteiger charge is 2.47. The summed E-state index contributed by atoms with van der Waals surface area (Å²) in [5.74, 6) is 0. The average molecular weight is 859 g/mol. The maximum Gasteiger partial charge on any atom is 0.277 e. The number of rotatable bonds is 2. The Balaban J connectivity index is 0.956. The largest absolute Gasteiger partial charge is 0.310 e. The van der Waals surface area contributed by atoms with Crippen LogP contribution in [0.4, 0.5) is 34.1 Å². The summed E-state index contributed by atoms with van der Waals surface area (Å²) in [5, 5.41) is 13.0. The molecule has 2 aliphatic heterocycles. The van der Waals surface area contributed by atoms with E-state index < -0.39 is 0 Å².